The van der Waals surface area contributed by atoms with E-state index < -0.39 is 0 Å². The van der Waals surface area contributed by atoms with Gasteiger partial charge >= 0.3 is 0 Å². The molecule has 1 rings (SSSR count). The first-order chi connectivity index (χ1) is 5.86. The van der Waals surface area contributed by atoms with Crippen LogP contribution in [0.4, 0.5) is 0 Å². The Labute approximate surface area is 76.5 Å². The highest BCUT2D eigenvalue weighted by Crippen LogP contribution is 2.29. The Kier molecular flexibility index (Phi) is 4.67. The molecule has 0 spiro atoms. The second-order valence-electron chi connectivity index (χ2n) is 3.90. The van der Waals surface area contributed by atoms with E-state index >= 15 is 0 Å². The van der Waals surface area contributed by atoms with Crippen LogP contribution in [0.3, 0.4) is 0 Å². The summed E-state index contributed by atoms with van der Waals surface area (Å²) in [5.74, 6) is 0.959. The average molecular weight is 170 g/mol. The van der Waals surface area contributed by atoms with Crippen LogP contribution in [0.5, 0.6) is 0 Å². The molecule has 0 bridgehead atoms. The lowest BCUT2D eigenvalue weighted by atomic mass is 9.84. The second kappa shape index (κ2) is 5.58. The summed E-state index contributed by atoms with van der Waals surface area (Å²) < 4.78 is 5.66. The monoisotopic (exact) mass is 170 g/mol. The highest BCUT2D eigenvalue weighted by atomic mass is 16.5. The molecule has 1 heteroatoms. The zero-order valence-corrected chi connectivity index (χ0v) is 8.51. The van der Waals surface area contributed by atoms with E-state index in [4.69, 9.17) is 4.74 Å². The van der Waals surface area contributed by atoms with E-state index in [2.05, 4.69) is 13.8 Å². The van der Waals surface area contributed by atoms with Crippen LogP contribution in [0.2, 0.25) is 0 Å². The number of hydrogen-bond acceptors (Lipinski definition) is 1. The van der Waals surface area contributed by atoms with Crippen LogP contribution < -0.4 is 0 Å². The summed E-state index contributed by atoms with van der Waals surface area (Å²) in [5, 5.41) is 0. The topological polar surface area (TPSA) is 9.23 Å². The number of ether oxygens (including phenoxy) is 1. The molecule has 0 aromatic heterocycles. The van der Waals surface area contributed by atoms with Crippen molar-refractivity contribution in [3.63, 3.8) is 0 Å². The molecule has 1 nitrogen and oxygen atoms in total. The number of hydrogen-bond donors (Lipinski definition) is 0. The molecule has 1 saturated carbocycles. The first-order valence-electron chi connectivity index (χ1n) is 5.48. The van der Waals surface area contributed by atoms with Crippen LogP contribution in [-0.2, 0) is 4.74 Å². The fourth-order valence-corrected chi connectivity index (χ4v) is 2.30. The van der Waals surface area contributed by atoms with Gasteiger partial charge in [0.15, 0.2) is 0 Å². The standard InChI is InChI=1S/C11H22O/c1-3-6-10-7-5-8-11(9-10)12-4-2/h10-11H,3-9H2,1-2H3/t10-,11+/m1/s1. The molecule has 0 aliphatic heterocycles. The Morgan fingerprint density at radius 1 is 1.25 bits per heavy atom. The van der Waals surface area contributed by atoms with Gasteiger partial charge in [0.25, 0.3) is 0 Å². The highest BCUT2D eigenvalue weighted by Gasteiger charge is 2.20. The summed E-state index contributed by atoms with van der Waals surface area (Å²) in [6.07, 6.45) is 8.77. The highest BCUT2D eigenvalue weighted by molar-refractivity contribution is 4.72. The zero-order chi connectivity index (χ0) is 8.81. The maximum absolute atomic E-state index is 5.66. The summed E-state index contributed by atoms with van der Waals surface area (Å²) >= 11 is 0. The molecular formula is C11H22O. The van der Waals surface area contributed by atoms with Gasteiger partial charge in [0, 0.05) is 6.61 Å². The van der Waals surface area contributed by atoms with Crippen molar-refractivity contribution in [2.45, 2.75) is 58.5 Å². The molecular weight excluding hydrogens is 148 g/mol. The minimum absolute atomic E-state index is 0.584. The van der Waals surface area contributed by atoms with E-state index in [1.807, 2.05) is 0 Å². The summed E-state index contributed by atoms with van der Waals surface area (Å²) in [7, 11) is 0. The van der Waals surface area contributed by atoms with E-state index in [1.54, 1.807) is 0 Å². The third-order valence-electron chi connectivity index (χ3n) is 2.83. The lowest BCUT2D eigenvalue weighted by Gasteiger charge is -2.28. The van der Waals surface area contributed by atoms with Crippen LogP contribution in [0.1, 0.15) is 52.4 Å². The molecule has 1 aliphatic carbocycles. The van der Waals surface area contributed by atoms with E-state index in [-0.39, 0.29) is 0 Å². The Morgan fingerprint density at radius 3 is 2.75 bits per heavy atom. The molecule has 0 aromatic carbocycles. The van der Waals surface area contributed by atoms with Crippen molar-refractivity contribution >= 4 is 0 Å². The van der Waals surface area contributed by atoms with Gasteiger partial charge in [-0.05, 0) is 25.7 Å². The van der Waals surface area contributed by atoms with E-state index in [0.717, 1.165) is 12.5 Å². The van der Waals surface area contributed by atoms with Crippen LogP contribution in [0.25, 0.3) is 0 Å². The fourth-order valence-electron chi connectivity index (χ4n) is 2.30. The van der Waals surface area contributed by atoms with Crippen LogP contribution in [0, 0.1) is 5.92 Å². The van der Waals surface area contributed by atoms with Crippen LogP contribution >= 0.6 is 0 Å². The summed E-state index contributed by atoms with van der Waals surface area (Å²) in [6.45, 7) is 5.28. The van der Waals surface area contributed by atoms with Gasteiger partial charge in [-0.2, -0.15) is 0 Å². The van der Waals surface area contributed by atoms with Gasteiger partial charge in [0.05, 0.1) is 6.10 Å². The maximum atomic E-state index is 5.66. The van der Waals surface area contributed by atoms with Crippen molar-refractivity contribution in [3.8, 4) is 0 Å². The SMILES string of the molecule is CCC[C@@H]1CCC[C@H](OCC)C1. The van der Waals surface area contributed by atoms with Gasteiger partial charge in [0.2, 0.25) is 0 Å². The Bertz CT molecular complexity index is 95.6. The first-order valence-corrected chi connectivity index (χ1v) is 5.48. The van der Waals surface area contributed by atoms with Gasteiger partial charge in [-0.3, -0.25) is 0 Å². The Hall–Kier alpha value is -0.0400. The quantitative estimate of drug-likeness (QED) is 0.628. The molecule has 0 amide bonds. The van der Waals surface area contributed by atoms with Gasteiger partial charge in [-0.1, -0.05) is 32.6 Å². The smallest absolute Gasteiger partial charge is 0.0577 e. The molecule has 72 valence electrons. The Morgan fingerprint density at radius 2 is 2.08 bits per heavy atom. The van der Waals surface area contributed by atoms with Crippen molar-refractivity contribution in [1.29, 1.82) is 0 Å². The molecule has 0 saturated heterocycles. The lowest BCUT2D eigenvalue weighted by Crippen LogP contribution is -2.22. The summed E-state index contributed by atoms with van der Waals surface area (Å²) in [4.78, 5) is 0. The van der Waals surface area contributed by atoms with Crippen molar-refractivity contribution in [2.75, 3.05) is 6.61 Å². The fraction of sp³-hybridized carbons (Fsp3) is 1.00. The predicted octanol–water partition coefficient (Wildman–Crippen LogP) is 3.38. The molecule has 1 aliphatic rings. The van der Waals surface area contributed by atoms with Gasteiger partial charge < -0.3 is 4.74 Å². The van der Waals surface area contributed by atoms with Crippen molar-refractivity contribution in [3.05, 3.63) is 0 Å². The van der Waals surface area contributed by atoms with Gasteiger partial charge in [0.1, 0.15) is 0 Å². The van der Waals surface area contributed by atoms with Crippen LogP contribution in [-0.4, -0.2) is 12.7 Å². The largest absolute Gasteiger partial charge is 0.378 e. The molecule has 0 unspecified atom stereocenters. The average Bonchev–Trinajstić information content (AvgIpc) is 2.06. The van der Waals surface area contributed by atoms with Crippen molar-refractivity contribution < 1.29 is 4.74 Å². The van der Waals surface area contributed by atoms with E-state index in [9.17, 15) is 0 Å². The zero-order valence-electron chi connectivity index (χ0n) is 8.51. The molecule has 1 fully saturated rings. The minimum Gasteiger partial charge on any atom is -0.378 e. The van der Waals surface area contributed by atoms with Crippen molar-refractivity contribution in [1.82, 2.24) is 0 Å². The number of rotatable bonds is 4. The molecule has 0 aromatic rings. The predicted molar refractivity (Wildman–Crippen MR) is 52.3 cm³/mol. The summed E-state index contributed by atoms with van der Waals surface area (Å²) in [6, 6.07) is 0. The molecule has 0 radical (unpaired) electrons. The lowest BCUT2D eigenvalue weighted by molar-refractivity contribution is 0.0191. The molecule has 0 heterocycles. The Balaban J connectivity index is 2.20. The van der Waals surface area contributed by atoms with E-state index in [1.165, 1.54) is 38.5 Å². The summed E-state index contributed by atoms with van der Waals surface area (Å²) in [5.41, 5.74) is 0. The minimum atomic E-state index is 0.584. The van der Waals surface area contributed by atoms with Gasteiger partial charge in [-0.25, -0.2) is 0 Å². The van der Waals surface area contributed by atoms with Crippen molar-refractivity contribution in [2.24, 2.45) is 5.92 Å². The molecule has 2 atom stereocenters. The molecule has 12 heavy (non-hydrogen) atoms. The van der Waals surface area contributed by atoms with E-state index in [0.29, 0.717) is 6.10 Å². The third kappa shape index (κ3) is 3.14. The van der Waals surface area contributed by atoms with Crippen LogP contribution in [0.15, 0.2) is 0 Å². The first kappa shape index (κ1) is 10.0. The maximum Gasteiger partial charge on any atom is 0.0577 e. The third-order valence-corrected chi connectivity index (χ3v) is 2.83. The normalized spacial score (nSPS) is 30.5. The molecule has 0 N–H and O–H groups in total. The second-order valence-corrected chi connectivity index (χ2v) is 3.90. The van der Waals surface area contributed by atoms with Gasteiger partial charge in [-0.15, -0.1) is 0 Å².